The van der Waals surface area contributed by atoms with E-state index in [0.29, 0.717) is 6.54 Å². The van der Waals surface area contributed by atoms with E-state index in [2.05, 4.69) is 5.32 Å². The average Bonchev–Trinajstić information content (AvgIpc) is 2.29. The number of hydrogen-bond donors (Lipinski definition) is 2. The van der Waals surface area contributed by atoms with Gasteiger partial charge < -0.3 is 20.1 Å². The number of aliphatic carboxylic acids is 1. The van der Waals surface area contributed by atoms with Crippen LogP contribution in [0, 0.1) is 5.92 Å². The number of urea groups is 1. The van der Waals surface area contributed by atoms with Crippen molar-refractivity contribution < 1.29 is 19.4 Å². The maximum Gasteiger partial charge on any atom is 0.317 e. The molecule has 6 nitrogen and oxygen atoms in total. The summed E-state index contributed by atoms with van der Waals surface area (Å²) in [5, 5.41) is 11.4. The highest BCUT2D eigenvalue weighted by atomic mass is 16.5. The van der Waals surface area contributed by atoms with Gasteiger partial charge in [0, 0.05) is 27.2 Å². The topological polar surface area (TPSA) is 78.9 Å². The Morgan fingerprint density at radius 2 is 2.06 bits per heavy atom. The summed E-state index contributed by atoms with van der Waals surface area (Å²) in [4.78, 5) is 23.6. The van der Waals surface area contributed by atoms with Crippen molar-refractivity contribution in [1.29, 1.82) is 0 Å². The van der Waals surface area contributed by atoms with Gasteiger partial charge in [-0.1, -0.05) is 13.8 Å². The van der Waals surface area contributed by atoms with Crippen LogP contribution in [0.4, 0.5) is 4.79 Å². The lowest BCUT2D eigenvalue weighted by Crippen LogP contribution is -2.43. The Bertz CT molecular complexity index is 254. The van der Waals surface area contributed by atoms with E-state index in [1.165, 1.54) is 4.90 Å². The molecule has 17 heavy (non-hydrogen) atoms. The van der Waals surface area contributed by atoms with E-state index in [1.807, 2.05) is 6.92 Å². The predicted molar refractivity (Wildman–Crippen MR) is 63.9 cm³/mol. The number of carbonyl (C=O) groups excluding carboxylic acids is 1. The van der Waals surface area contributed by atoms with Gasteiger partial charge in [0.05, 0.1) is 12.0 Å². The van der Waals surface area contributed by atoms with Crippen molar-refractivity contribution in [2.45, 2.75) is 26.4 Å². The molecule has 0 fully saturated rings. The molecule has 0 radical (unpaired) electrons. The Morgan fingerprint density at radius 3 is 2.47 bits per heavy atom. The molecule has 0 rings (SSSR count). The Labute approximate surface area is 102 Å². The summed E-state index contributed by atoms with van der Waals surface area (Å²) in [6, 6.07) is -0.284. The highest BCUT2D eigenvalue weighted by molar-refractivity contribution is 5.75. The molecule has 0 spiro atoms. The molecule has 0 aromatic rings. The van der Waals surface area contributed by atoms with E-state index < -0.39 is 11.9 Å². The maximum atomic E-state index is 11.6. The molecule has 2 unspecified atom stereocenters. The fraction of sp³-hybridized carbons (Fsp3) is 0.818. The second kappa shape index (κ2) is 7.89. The van der Waals surface area contributed by atoms with E-state index in [4.69, 9.17) is 9.84 Å². The first kappa shape index (κ1) is 15.7. The molecule has 0 aliphatic heterocycles. The van der Waals surface area contributed by atoms with E-state index in [0.717, 1.165) is 6.42 Å². The minimum absolute atomic E-state index is 0.00996. The van der Waals surface area contributed by atoms with Crippen molar-refractivity contribution in [3.8, 4) is 0 Å². The zero-order valence-electron chi connectivity index (χ0n) is 10.9. The van der Waals surface area contributed by atoms with Crippen molar-refractivity contribution in [2.24, 2.45) is 5.92 Å². The molecule has 0 aliphatic carbocycles. The molecule has 6 heteroatoms. The van der Waals surface area contributed by atoms with Crippen LogP contribution in [-0.2, 0) is 9.53 Å². The average molecular weight is 246 g/mol. The second-order valence-electron chi connectivity index (χ2n) is 4.07. The van der Waals surface area contributed by atoms with E-state index in [1.54, 1.807) is 21.1 Å². The van der Waals surface area contributed by atoms with Gasteiger partial charge in [-0.3, -0.25) is 4.79 Å². The van der Waals surface area contributed by atoms with Crippen LogP contribution >= 0.6 is 0 Å². The van der Waals surface area contributed by atoms with Crippen LogP contribution < -0.4 is 5.32 Å². The first-order valence-electron chi connectivity index (χ1n) is 5.66. The summed E-state index contributed by atoms with van der Waals surface area (Å²) in [5.74, 6) is -1.48. The molecular formula is C11H22N2O4. The van der Waals surface area contributed by atoms with Crippen LogP contribution in [0.25, 0.3) is 0 Å². The highest BCUT2D eigenvalue weighted by Crippen LogP contribution is 1.99. The van der Waals surface area contributed by atoms with Gasteiger partial charge >= 0.3 is 12.0 Å². The number of methoxy groups -OCH3 is 1. The zero-order chi connectivity index (χ0) is 13.4. The molecule has 0 aliphatic rings. The van der Waals surface area contributed by atoms with Crippen LogP contribution in [0.3, 0.4) is 0 Å². The van der Waals surface area contributed by atoms with E-state index in [9.17, 15) is 9.59 Å². The molecule has 2 N–H and O–H groups in total. The summed E-state index contributed by atoms with van der Waals surface area (Å²) in [6.07, 6.45) is 0.802. The SMILES string of the molecule is CCC(CNC(=O)N(C)CC(C)C(=O)O)OC. The van der Waals surface area contributed by atoms with Gasteiger partial charge in [-0.2, -0.15) is 0 Å². The van der Waals surface area contributed by atoms with Crippen LogP contribution in [-0.4, -0.2) is 55.4 Å². The minimum Gasteiger partial charge on any atom is -0.481 e. The van der Waals surface area contributed by atoms with Crippen LogP contribution in [0.15, 0.2) is 0 Å². The smallest absolute Gasteiger partial charge is 0.317 e. The van der Waals surface area contributed by atoms with Crippen molar-refractivity contribution in [3.63, 3.8) is 0 Å². The van der Waals surface area contributed by atoms with Gasteiger partial charge in [-0.15, -0.1) is 0 Å². The first-order valence-corrected chi connectivity index (χ1v) is 5.66. The Morgan fingerprint density at radius 1 is 1.47 bits per heavy atom. The third-order valence-corrected chi connectivity index (χ3v) is 2.59. The minimum atomic E-state index is -0.909. The predicted octanol–water partition coefficient (Wildman–Crippen LogP) is 0.773. The number of carboxylic acid groups (broad SMARTS) is 1. The third kappa shape index (κ3) is 6.11. The largest absolute Gasteiger partial charge is 0.481 e. The maximum absolute atomic E-state index is 11.6. The normalized spacial score (nSPS) is 13.9. The number of hydrogen-bond acceptors (Lipinski definition) is 3. The van der Waals surface area contributed by atoms with E-state index >= 15 is 0 Å². The molecule has 0 heterocycles. The van der Waals surface area contributed by atoms with Gasteiger partial charge in [0.15, 0.2) is 0 Å². The fourth-order valence-corrected chi connectivity index (χ4v) is 1.30. The standard InChI is InChI=1S/C11H22N2O4/c1-5-9(17-4)6-12-11(16)13(3)7-8(2)10(14)15/h8-9H,5-7H2,1-4H3,(H,12,16)(H,14,15). The van der Waals surface area contributed by atoms with Gasteiger partial charge in [0.2, 0.25) is 0 Å². The molecule has 2 amide bonds. The number of ether oxygens (including phenoxy) is 1. The molecule has 0 aromatic carbocycles. The fourth-order valence-electron chi connectivity index (χ4n) is 1.30. The molecule has 0 saturated carbocycles. The second-order valence-corrected chi connectivity index (χ2v) is 4.07. The molecular weight excluding hydrogens is 224 g/mol. The van der Waals surface area contributed by atoms with Gasteiger partial charge in [0.1, 0.15) is 0 Å². The number of amides is 2. The number of carbonyl (C=O) groups is 2. The lowest BCUT2D eigenvalue weighted by atomic mass is 10.2. The van der Waals surface area contributed by atoms with Crippen molar-refractivity contribution in [3.05, 3.63) is 0 Å². The van der Waals surface area contributed by atoms with Gasteiger partial charge in [0.25, 0.3) is 0 Å². The quantitative estimate of drug-likeness (QED) is 0.695. The summed E-state index contributed by atoms with van der Waals surface area (Å²) >= 11 is 0. The zero-order valence-corrected chi connectivity index (χ0v) is 10.9. The first-order chi connectivity index (χ1) is 7.92. The summed E-state index contributed by atoms with van der Waals surface area (Å²) < 4.78 is 5.12. The van der Waals surface area contributed by atoms with Crippen molar-refractivity contribution in [2.75, 3.05) is 27.2 Å². The van der Waals surface area contributed by atoms with E-state index in [-0.39, 0.29) is 18.7 Å². The number of rotatable bonds is 7. The summed E-state index contributed by atoms with van der Waals surface area (Å²) in [6.45, 7) is 4.15. The van der Waals surface area contributed by atoms with Gasteiger partial charge in [-0.25, -0.2) is 4.79 Å². The van der Waals surface area contributed by atoms with Crippen molar-refractivity contribution in [1.82, 2.24) is 10.2 Å². The lowest BCUT2D eigenvalue weighted by Gasteiger charge is -2.21. The van der Waals surface area contributed by atoms with Crippen LogP contribution in [0.2, 0.25) is 0 Å². The number of carboxylic acids is 1. The monoisotopic (exact) mass is 246 g/mol. The number of nitrogens with zero attached hydrogens (tertiary/aromatic N) is 1. The Kier molecular flexibility index (Phi) is 7.29. The summed E-state index contributed by atoms with van der Waals surface area (Å²) in [7, 11) is 3.17. The number of nitrogens with one attached hydrogen (secondary N) is 1. The lowest BCUT2D eigenvalue weighted by molar-refractivity contribution is -0.141. The third-order valence-electron chi connectivity index (χ3n) is 2.59. The highest BCUT2D eigenvalue weighted by Gasteiger charge is 2.17. The molecule has 0 saturated heterocycles. The van der Waals surface area contributed by atoms with Gasteiger partial charge in [-0.05, 0) is 6.42 Å². The van der Waals surface area contributed by atoms with Crippen molar-refractivity contribution >= 4 is 12.0 Å². The Hall–Kier alpha value is -1.30. The molecule has 0 bridgehead atoms. The summed E-state index contributed by atoms with van der Waals surface area (Å²) in [5.41, 5.74) is 0. The van der Waals surface area contributed by atoms with Crippen LogP contribution in [0.5, 0.6) is 0 Å². The molecule has 2 atom stereocenters. The molecule has 100 valence electrons. The molecule has 0 aromatic heterocycles. The Balaban J connectivity index is 4.01. The van der Waals surface area contributed by atoms with Crippen LogP contribution in [0.1, 0.15) is 20.3 Å².